The highest BCUT2D eigenvalue weighted by atomic mass is 35.5. The number of rotatable bonds is 6. The highest BCUT2D eigenvalue weighted by Gasteiger charge is 2.50. The van der Waals surface area contributed by atoms with Gasteiger partial charge in [-0.25, -0.2) is 4.79 Å². The summed E-state index contributed by atoms with van der Waals surface area (Å²) in [7, 11) is 0. The molecule has 11 heteroatoms. The van der Waals surface area contributed by atoms with Crippen molar-refractivity contribution in [1.29, 1.82) is 0 Å². The molecule has 1 atom stereocenters. The number of anilines is 1. The molecule has 4 amide bonds. The van der Waals surface area contributed by atoms with E-state index in [1.165, 1.54) is 43.3 Å². The molecule has 0 radical (unpaired) electrons. The van der Waals surface area contributed by atoms with Crippen LogP contribution in [0.3, 0.4) is 0 Å². The quantitative estimate of drug-likeness (QED) is 0.470. The summed E-state index contributed by atoms with van der Waals surface area (Å²) < 4.78 is 24.7. The van der Waals surface area contributed by atoms with Crippen LogP contribution in [0.2, 0.25) is 10.0 Å². The molecule has 1 aliphatic heterocycles. The van der Waals surface area contributed by atoms with Gasteiger partial charge in [0.25, 0.3) is 11.7 Å². The van der Waals surface area contributed by atoms with Crippen LogP contribution in [0.25, 0.3) is 0 Å². The number of amides is 4. The van der Waals surface area contributed by atoms with Crippen molar-refractivity contribution in [2.75, 3.05) is 11.9 Å². The van der Waals surface area contributed by atoms with Gasteiger partial charge in [-0.1, -0.05) is 41.0 Å². The van der Waals surface area contributed by atoms with Gasteiger partial charge < -0.3 is 10.6 Å². The fraction of sp³-hybridized carbons (Fsp3) is 0.211. The van der Waals surface area contributed by atoms with E-state index in [2.05, 4.69) is 10.6 Å². The lowest BCUT2D eigenvalue weighted by Crippen LogP contribution is -2.42. The van der Waals surface area contributed by atoms with Crippen molar-refractivity contribution in [3.8, 4) is 0 Å². The average molecular weight is 474 g/mol. The molecule has 2 aromatic rings. The van der Waals surface area contributed by atoms with Crippen molar-refractivity contribution in [3.63, 3.8) is 0 Å². The van der Waals surface area contributed by atoms with E-state index in [4.69, 9.17) is 23.2 Å². The molecule has 0 saturated carbocycles. The summed E-state index contributed by atoms with van der Waals surface area (Å²) in [5.74, 6) is -3.82. The number of nitrogens with one attached hydrogen (secondary N) is 2. The number of hydrogen-bond donors (Lipinski definition) is 2. The van der Waals surface area contributed by atoms with Gasteiger partial charge in [0.2, 0.25) is 5.91 Å². The number of thioether (sulfide) groups is 1. The summed E-state index contributed by atoms with van der Waals surface area (Å²) in [5, 5.41) is 5.66. The number of urea groups is 1. The molecule has 3 rings (SSSR count). The van der Waals surface area contributed by atoms with Gasteiger partial charge in [-0.3, -0.25) is 14.5 Å². The van der Waals surface area contributed by atoms with Crippen LogP contribution < -0.4 is 10.6 Å². The maximum atomic E-state index is 12.9. The molecule has 0 spiro atoms. The summed E-state index contributed by atoms with van der Waals surface area (Å²) in [5.41, 5.74) is -0.760. The van der Waals surface area contributed by atoms with Crippen molar-refractivity contribution in [3.05, 3.63) is 58.1 Å². The second-order valence-electron chi connectivity index (χ2n) is 6.52. The first-order valence-corrected chi connectivity index (χ1v) is 10.2. The number of alkyl halides is 2. The van der Waals surface area contributed by atoms with Gasteiger partial charge in [0.05, 0.1) is 0 Å². The molecule has 1 saturated heterocycles. The first-order valence-electron chi connectivity index (χ1n) is 8.54. The molecule has 2 N–H and O–H groups in total. The van der Waals surface area contributed by atoms with Crippen LogP contribution in [0.4, 0.5) is 19.3 Å². The Hall–Kier alpha value is -2.36. The first kappa shape index (κ1) is 22.3. The van der Waals surface area contributed by atoms with E-state index in [0.717, 1.165) is 4.90 Å². The summed E-state index contributed by atoms with van der Waals surface area (Å²) in [4.78, 5) is 38.7. The lowest BCUT2D eigenvalue weighted by molar-refractivity contribution is -0.133. The molecular weight excluding hydrogens is 459 g/mol. The summed E-state index contributed by atoms with van der Waals surface area (Å²) in [6, 6.07) is 9.54. The third-order valence-corrected chi connectivity index (χ3v) is 5.68. The van der Waals surface area contributed by atoms with E-state index in [-0.39, 0.29) is 5.02 Å². The predicted molar refractivity (Wildman–Crippen MR) is 111 cm³/mol. The van der Waals surface area contributed by atoms with E-state index in [1.54, 1.807) is 6.07 Å². The molecule has 0 bridgehead atoms. The first-order chi connectivity index (χ1) is 14.1. The Morgan fingerprint density at radius 3 is 2.47 bits per heavy atom. The summed E-state index contributed by atoms with van der Waals surface area (Å²) >= 11 is 12.4. The Bertz CT molecular complexity index is 1010. The zero-order chi connectivity index (χ0) is 22.1. The number of hydrogen-bond acceptors (Lipinski definition) is 4. The van der Waals surface area contributed by atoms with Crippen molar-refractivity contribution >= 4 is 58.5 Å². The van der Waals surface area contributed by atoms with Gasteiger partial charge in [-0.2, -0.15) is 8.78 Å². The molecule has 6 nitrogen and oxygen atoms in total. The molecular formula is C19H15Cl2F2N3O3S. The van der Waals surface area contributed by atoms with Gasteiger partial charge in [-0.05, 0) is 43.3 Å². The topological polar surface area (TPSA) is 78.5 Å². The SMILES string of the molecule is CC1(c2ccc(Cl)cc2Cl)NC(=O)N(CC(=O)Nc2ccc(SC(F)F)cc2)C1=O. The summed E-state index contributed by atoms with van der Waals surface area (Å²) in [6.45, 7) is 0.957. The van der Waals surface area contributed by atoms with E-state index >= 15 is 0 Å². The normalized spacial score (nSPS) is 18.7. The number of carbonyl (C=O) groups excluding carboxylic acids is 3. The Kier molecular flexibility index (Phi) is 6.54. The molecule has 158 valence electrons. The van der Waals surface area contributed by atoms with Crippen LogP contribution in [0.5, 0.6) is 0 Å². The number of imide groups is 1. The van der Waals surface area contributed by atoms with Gasteiger partial charge in [0.1, 0.15) is 12.1 Å². The van der Waals surface area contributed by atoms with Crippen molar-refractivity contribution in [2.24, 2.45) is 0 Å². The summed E-state index contributed by atoms with van der Waals surface area (Å²) in [6.07, 6.45) is 0. The van der Waals surface area contributed by atoms with Crippen molar-refractivity contribution in [2.45, 2.75) is 23.1 Å². The fourth-order valence-corrected chi connectivity index (χ4v) is 4.08. The molecule has 1 fully saturated rings. The maximum Gasteiger partial charge on any atom is 0.325 e. The number of halogens is 4. The number of nitrogens with zero attached hydrogens (tertiary/aromatic N) is 1. The highest BCUT2D eigenvalue weighted by molar-refractivity contribution is 7.99. The minimum absolute atomic E-state index is 0.201. The highest BCUT2D eigenvalue weighted by Crippen LogP contribution is 2.35. The van der Waals surface area contributed by atoms with Crippen LogP contribution in [0, 0.1) is 0 Å². The van der Waals surface area contributed by atoms with Crippen LogP contribution in [0.1, 0.15) is 12.5 Å². The van der Waals surface area contributed by atoms with Crippen LogP contribution in [-0.2, 0) is 15.1 Å². The Balaban J connectivity index is 1.70. The second-order valence-corrected chi connectivity index (χ2v) is 8.43. The molecule has 0 aromatic heterocycles. The third kappa shape index (κ3) is 4.69. The monoisotopic (exact) mass is 473 g/mol. The lowest BCUT2D eigenvalue weighted by Gasteiger charge is -2.23. The van der Waals surface area contributed by atoms with Crippen LogP contribution in [0.15, 0.2) is 47.4 Å². The number of benzene rings is 2. The molecule has 0 aliphatic carbocycles. The minimum Gasteiger partial charge on any atom is -0.325 e. The van der Waals surface area contributed by atoms with Gasteiger partial charge in [-0.15, -0.1) is 0 Å². The molecule has 1 heterocycles. The average Bonchev–Trinajstić information content (AvgIpc) is 2.86. The van der Waals surface area contributed by atoms with E-state index < -0.39 is 35.7 Å². The van der Waals surface area contributed by atoms with E-state index in [0.29, 0.717) is 32.9 Å². The Labute approximate surface area is 184 Å². The molecule has 1 unspecified atom stereocenters. The lowest BCUT2D eigenvalue weighted by atomic mass is 9.92. The maximum absolute atomic E-state index is 12.9. The second kappa shape index (κ2) is 8.79. The molecule has 1 aliphatic rings. The standard InChI is InChI=1S/C19H15Cl2F2N3O3S/c1-19(13-7-2-10(20)8-14(13)21)16(28)26(18(29)25-19)9-15(27)24-11-3-5-12(6-4-11)30-17(22)23/h2-8,17H,9H2,1H3,(H,24,27)(H,25,29). The van der Waals surface area contributed by atoms with E-state index in [9.17, 15) is 23.2 Å². The van der Waals surface area contributed by atoms with Gasteiger partial charge in [0, 0.05) is 26.2 Å². The van der Waals surface area contributed by atoms with Crippen molar-refractivity contribution < 1.29 is 23.2 Å². The van der Waals surface area contributed by atoms with Crippen LogP contribution in [-0.4, -0.2) is 35.0 Å². The molecule has 2 aromatic carbocycles. The Morgan fingerprint density at radius 2 is 1.87 bits per heavy atom. The smallest absolute Gasteiger partial charge is 0.325 e. The molecule has 30 heavy (non-hydrogen) atoms. The minimum atomic E-state index is -2.55. The zero-order valence-corrected chi connectivity index (χ0v) is 17.7. The van der Waals surface area contributed by atoms with Gasteiger partial charge in [0.15, 0.2) is 0 Å². The Morgan fingerprint density at radius 1 is 1.20 bits per heavy atom. The van der Waals surface area contributed by atoms with Crippen LogP contribution >= 0.6 is 35.0 Å². The third-order valence-electron chi connectivity index (χ3n) is 4.41. The van der Waals surface area contributed by atoms with Crippen molar-refractivity contribution in [1.82, 2.24) is 10.2 Å². The largest absolute Gasteiger partial charge is 0.325 e. The fourth-order valence-electron chi connectivity index (χ4n) is 2.98. The zero-order valence-electron chi connectivity index (χ0n) is 15.4. The van der Waals surface area contributed by atoms with Gasteiger partial charge >= 0.3 is 6.03 Å². The predicted octanol–water partition coefficient (Wildman–Crippen LogP) is 4.71. The van der Waals surface area contributed by atoms with E-state index in [1.807, 2.05) is 0 Å². The number of carbonyl (C=O) groups is 3.